The average molecular weight is 598 g/mol. The number of anilines is 1. The van der Waals surface area contributed by atoms with Crippen molar-refractivity contribution in [3.8, 4) is 0 Å². The fourth-order valence-electron chi connectivity index (χ4n) is 4.57. The molecule has 1 N–H and O–H groups in total. The van der Waals surface area contributed by atoms with Gasteiger partial charge >= 0.3 is 0 Å². The molecule has 0 spiro atoms. The van der Waals surface area contributed by atoms with Crippen LogP contribution in [0.4, 0.5) is 5.69 Å². The number of carbonyl (C=O) groups is 2. The monoisotopic (exact) mass is 597 g/mol. The van der Waals surface area contributed by atoms with Crippen LogP contribution in [0.2, 0.25) is 5.02 Å². The van der Waals surface area contributed by atoms with Crippen molar-refractivity contribution in [3.63, 3.8) is 0 Å². The number of rotatable bonds is 13. The predicted octanol–water partition coefficient (Wildman–Crippen LogP) is 6.18. The molecule has 0 radical (unpaired) electrons. The van der Waals surface area contributed by atoms with Gasteiger partial charge in [0.15, 0.2) is 0 Å². The summed E-state index contributed by atoms with van der Waals surface area (Å²) >= 11 is 6.19. The first-order valence-electron chi connectivity index (χ1n) is 14.0. The lowest BCUT2D eigenvalue weighted by Gasteiger charge is -2.33. The summed E-state index contributed by atoms with van der Waals surface area (Å²) in [5.74, 6) is -0.731. The minimum Gasteiger partial charge on any atom is -0.354 e. The van der Waals surface area contributed by atoms with Crippen molar-refractivity contribution in [2.75, 3.05) is 17.4 Å². The van der Waals surface area contributed by atoms with Crippen LogP contribution in [-0.2, 0) is 26.2 Å². The zero-order valence-electron chi connectivity index (χ0n) is 24.5. The molecular weight excluding hydrogens is 558 g/mol. The third-order valence-corrected chi connectivity index (χ3v) is 9.01. The van der Waals surface area contributed by atoms with Gasteiger partial charge in [-0.05, 0) is 75.1 Å². The standard InChI is InChI=1S/C32H40ClN3O4S/c1-6-8-19-34-32(38)29(7-2)35(21-26-13-9-23(3)10-14-26)31(37)22-36(30-18-15-27(33)20-25(30)5)41(39,40)28-16-11-24(4)12-17-28/h9-18,20,29H,6-8,19,21-22H2,1-5H3,(H,34,38)/t29-/m1/s1. The van der Waals surface area contributed by atoms with E-state index in [1.54, 1.807) is 37.3 Å². The molecule has 0 aromatic heterocycles. The van der Waals surface area contributed by atoms with Gasteiger partial charge < -0.3 is 10.2 Å². The molecule has 0 unspecified atom stereocenters. The Bertz CT molecular complexity index is 1440. The van der Waals surface area contributed by atoms with Gasteiger partial charge in [0, 0.05) is 18.1 Å². The molecule has 0 aliphatic rings. The molecule has 0 fully saturated rings. The van der Waals surface area contributed by atoms with Gasteiger partial charge in [0.1, 0.15) is 12.6 Å². The summed E-state index contributed by atoms with van der Waals surface area (Å²) in [5, 5.41) is 3.41. The summed E-state index contributed by atoms with van der Waals surface area (Å²) in [6, 6.07) is 18.4. The Labute approximate surface area is 249 Å². The topological polar surface area (TPSA) is 86.8 Å². The number of amides is 2. The van der Waals surface area contributed by atoms with Gasteiger partial charge in [0.25, 0.3) is 10.0 Å². The van der Waals surface area contributed by atoms with Crippen molar-refractivity contribution in [3.05, 3.63) is 94.0 Å². The van der Waals surface area contributed by atoms with E-state index in [1.807, 2.05) is 52.0 Å². The molecule has 1 atom stereocenters. The molecule has 0 heterocycles. The highest BCUT2D eigenvalue weighted by Crippen LogP contribution is 2.29. The molecule has 0 saturated heterocycles. The van der Waals surface area contributed by atoms with Gasteiger partial charge in [0.05, 0.1) is 10.6 Å². The molecule has 0 saturated carbocycles. The van der Waals surface area contributed by atoms with Crippen LogP contribution in [0.15, 0.2) is 71.6 Å². The maximum absolute atomic E-state index is 14.2. The van der Waals surface area contributed by atoms with Crippen molar-refractivity contribution in [2.45, 2.75) is 71.4 Å². The number of hydrogen-bond acceptors (Lipinski definition) is 4. The maximum atomic E-state index is 14.2. The second-order valence-electron chi connectivity index (χ2n) is 10.3. The second-order valence-corrected chi connectivity index (χ2v) is 12.6. The third kappa shape index (κ3) is 8.33. The smallest absolute Gasteiger partial charge is 0.264 e. The number of nitrogens with zero attached hydrogens (tertiary/aromatic N) is 2. The van der Waals surface area contributed by atoms with Crippen molar-refractivity contribution in [1.82, 2.24) is 10.2 Å². The van der Waals surface area contributed by atoms with E-state index in [4.69, 9.17) is 11.6 Å². The normalized spacial score (nSPS) is 12.0. The minimum absolute atomic E-state index is 0.0692. The maximum Gasteiger partial charge on any atom is 0.264 e. The molecular formula is C32H40ClN3O4S. The Morgan fingerprint density at radius 3 is 2.07 bits per heavy atom. The summed E-state index contributed by atoms with van der Waals surface area (Å²) in [6.45, 7) is 9.69. The van der Waals surface area contributed by atoms with Gasteiger partial charge in [0.2, 0.25) is 11.8 Å². The fraction of sp³-hybridized carbons (Fsp3) is 0.375. The van der Waals surface area contributed by atoms with Gasteiger partial charge in [-0.3, -0.25) is 13.9 Å². The highest BCUT2D eigenvalue weighted by molar-refractivity contribution is 7.92. The van der Waals surface area contributed by atoms with Crippen LogP contribution in [0, 0.1) is 20.8 Å². The number of aryl methyl sites for hydroxylation is 3. The average Bonchev–Trinajstić information content (AvgIpc) is 2.93. The minimum atomic E-state index is -4.14. The predicted molar refractivity (Wildman–Crippen MR) is 166 cm³/mol. The van der Waals surface area contributed by atoms with Crippen LogP contribution >= 0.6 is 11.6 Å². The molecule has 2 amide bonds. The zero-order chi connectivity index (χ0) is 30.2. The van der Waals surface area contributed by atoms with E-state index in [2.05, 4.69) is 5.32 Å². The van der Waals surface area contributed by atoms with E-state index < -0.39 is 28.5 Å². The third-order valence-electron chi connectivity index (χ3n) is 7.00. The Morgan fingerprint density at radius 2 is 1.51 bits per heavy atom. The molecule has 0 aliphatic carbocycles. The van der Waals surface area contributed by atoms with Crippen LogP contribution in [0.3, 0.4) is 0 Å². The summed E-state index contributed by atoms with van der Waals surface area (Å²) in [4.78, 5) is 29.0. The first kappa shape index (κ1) is 32.2. The van der Waals surface area contributed by atoms with Gasteiger partial charge in [-0.2, -0.15) is 0 Å². The molecule has 220 valence electrons. The number of carbonyl (C=O) groups excluding carboxylic acids is 2. The van der Waals surface area contributed by atoms with Gasteiger partial charge in [-0.15, -0.1) is 0 Å². The Kier molecular flexibility index (Phi) is 11.4. The number of nitrogens with one attached hydrogen (secondary N) is 1. The quantitative estimate of drug-likeness (QED) is 0.238. The molecule has 0 bridgehead atoms. The number of hydrogen-bond donors (Lipinski definition) is 1. The van der Waals surface area contributed by atoms with Crippen molar-refractivity contribution >= 4 is 39.1 Å². The highest BCUT2D eigenvalue weighted by atomic mass is 35.5. The van der Waals surface area contributed by atoms with Crippen LogP contribution in [-0.4, -0.2) is 44.3 Å². The van der Waals surface area contributed by atoms with Crippen molar-refractivity contribution in [2.24, 2.45) is 0 Å². The first-order valence-corrected chi connectivity index (χ1v) is 15.8. The second kappa shape index (κ2) is 14.5. The Hall–Kier alpha value is -3.36. The summed E-state index contributed by atoms with van der Waals surface area (Å²) in [6.07, 6.45) is 2.13. The van der Waals surface area contributed by atoms with E-state index in [9.17, 15) is 18.0 Å². The Morgan fingerprint density at radius 1 is 0.902 bits per heavy atom. The molecule has 41 heavy (non-hydrogen) atoms. The van der Waals surface area contributed by atoms with E-state index in [1.165, 1.54) is 17.0 Å². The van der Waals surface area contributed by atoms with E-state index >= 15 is 0 Å². The number of sulfonamides is 1. The molecule has 9 heteroatoms. The van der Waals surface area contributed by atoms with Crippen LogP contribution < -0.4 is 9.62 Å². The number of benzene rings is 3. The molecule has 7 nitrogen and oxygen atoms in total. The highest BCUT2D eigenvalue weighted by Gasteiger charge is 2.34. The molecule has 3 aromatic rings. The van der Waals surface area contributed by atoms with Crippen LogP contribution in [0.5, 0.6) is 0 Å². The fourth-order valence-corrected chi connectivity index (χ4v) is 6.27. The van der Waals surface area contributed by atoms with Gasteiger partial charge in [-0.25, -0.2) is 8.42 Å². The summed E-state index contributed by atoms with van der Waals surface area (Å²) in [7, 11) is -4.14. The molecule has 3 aromatic carbocycles. The van der Waals surface area contributed by atoms with E-state index in [0.29, 0.717) is 29.2 Å². The summed E-state index contributed by atoms with van der Waals surface area (Å²) < 4.78 is 29.2. The van der Waals surface area contributed by atoms with Crippen molar-refractivity contribution < 1.29 is 18.0 Å². The largest absolute Gasteiger partial charge is 0.354 e. The van der Waals surface area contributed by atoms with Crippen LogP contribution in [0.25, 0.3) is 0 Å². The Balaban J connectivity index is 2.06. The summed E-state index contributed by atoms with van der Waals surface area (Å²) in [5.41, 5.74) is 3.79. The van der Waals surface area contributed by atoms with Crippen LogP contribution in [0.1, 0.15) is 55.4 Å². The lowest BCUT2D eigenvalue weighted by Crippen LogP contribution is -2.52. The molecule has 3 rings (SSSR count). The number of unbranched alkanes of at least 4 members (excludes halogenated alkanes) is 1. The van der Waals surface area contributed by atoms with Gasteiger partial charge in [-0.1, -0.05) is 79.4 Å². The lowest BCUT2D eigenvalue weighted by atomic mass is 10.1. The number of halogens is 1. The van der Waals surface area contributed by atoms with E-state index in [0.717, 1.165) is 33.8 Å². The molecule has 0 aliphatic heterocycles. The SMILES string of the molecule is CCCCNC(=O)[C@@H](CC)N(Cc1ccc(C)cc1)C(=O)CN(c1ccc(Cl)cc1C)S(=O)(=O)c1ccc(C)cc1. The zero-order valence-corrected chi connectivity index (χ0v) is 26.1. The van der Waals surface area contributed by atoms with Crippen molar-refractivity contribution in [1.29, 1.82) is 0 Å². The van der Waals surface area contributed by atoms with E-state index in [-0.39, 0.29) is 17.3 Å². The lowest BCUT2D eigenvalue weighted by molar-refractivity contribution is -0.140. The first-order chi connectivity index (χ1) is 19.5.